The molecule has 0 bridgehead atoms. The van der Waals surface area contributed by atoms with Crippen LogP contribution in [-0.2, 0) is 14.3 Å². The molecule has 0 spiro atoms. The molecule has 1 aromatic carbocycles. The number of anilines is 1. The molecular weight excluding hydrogens is 320 g/mol. The second-order valence-corrected chi connectivity index (χ2v) is 5.73. The molecule has 7 heteroatoms. The van der Waals surface area contributed by atoms with Crippen LogP contribution >= 0.6 is 11.6 Å². The van der Waals surface area contributed by atoms with E-state index in [4.69, 9.17) is 16.3 Å². The zero-order valence-corrected chi connectivity index (χ0v) is 14.4. The van der Waals surface area contributed by atoms with Crippen LogP contribution in [0.5, 0.6) is 0 Å². The van der Waals surface area contributed by atoms with Gasteiger partial charge in [0.25, 0.3) is 0 Å². The maximum Gasteiger partial charge on any atom is 0.339 e. The first-order valence-electron chi connectivity index (χ1n) is 7.30. The van der Waals surface area contributed by atoms with E-state index >= 15 is 0 Å². The maximum absolute atomic E-state index is 12.3. The Bertz CT molecular complexity index is 602. The summed E-state index contributed by atoms with van der Waals surface area (Å²) in [7, 11) is 0. The van der Waals surface area contributed by atoms with Gasteiger partial charge in [0.2, 0.25) is 11.8 Å². The van der Waals surface area contributed by atoms with Gasteiger partial charge in [0.1, 0.15) is 6.04 Å². The van der Waals surface area contributed by atoms with Crippen LogP contribution in [0.25, 0.3) is 0 Å². The number of carbonyl (C=O) groups excluding carboxylic acids is 3. The molecule has 6 nitrogen and oxygen atoms in total. The van der Waals surface area contributed by atoms with E-state index in [-0.39, 0.29) is 34.9 Å². The fourth-order valence-corrected chi connectivity index (χ4v) is 2.14. The van der Waals surface area contributed by atoms with Crippen LogP contribution in [0.15, 0.2) is 18.2 Å². The van der Waals surface area contributed by atoms with Crippen molar-refractivity contribution in [3.63, 3.8) is 0 Å². The average molecular weight is 341 g/mol. The topological polar surface area (TPSA) is 84.5 Å². The molecule has 0 fully saturated rings. The molecule has 0 heterocycles. The van der Waals surface area contributed by atoms with Gasteiger partial charge >= 0.3 is 5.97 Å². The highest BCUT2D eigenvalue weighted by atomic mass is 35.5. The van der Waals surface area contributed by atoms with Crippen LogP contribution in [0.3, 0.4) is 0 Å². The summed E-state index contributed by atoms with van der Waals surface area (Å²) < 4.78 is 4.91. The van der Waals surface area contributed by atoms with E-state index in [0.29, 0.717) is 5.69 Å². The van der Waals surface area contributed by atoms with Crippen molar-refractivity contribution >= 4 is 35.1 Å². The standard InChI is InChI=1S/C16H21ClN2O4/c1-5-23-16(22)12-8-11(6-7-13(12)17)19-15(21)14(9(2)3)18-10(4)20/h6-9,14H,5H2,1-4H3,(H,18,20)(H,19,21)/t14-/m0/s1. The van der Waals surface area contributed by atoms with Crippen molar-refractivity contribution in [2.45, 2.75) is 33.7 Å². The third-order valence-electron chi connectivity index (χ3n) is 3.04. The molecular formula is C16H21ClN2O4. The molecule has 0 aromatic heterocycles. The highest BCUT2D eigenvalue weighted by Crippen LogP contribution is 2.22. The van der Waals surface area contributed by atoms with Gasteiger partial charge in [-0.05, 0) is 31.0 Å². The van der Waals surface area contributed by atoms with E-state index in [2.05, 4.69) is 10.6 Å². The van der Waals surface area contributed by atoms with Crippen molar-refractivity contribution in [3.05, 3.63) is 28.8 Å². The largest absolute Gasteiger partial charge is 0.462 e. The van der Waals surface area contributed by atoms with Crippen LogP contribution < -0.4 is 10.6 Å². The highest BCUT2D eigenvalue weighted by molar-refractivity contribution is 6.33. The molecule has 0 unspecified atom stereocenters. The Morgan fingerprint density at radius 1 is 1.26 bits per heavy atom. The number of hydrogen-bond acceptors (Lipinski definition) is 4. The lowest BCUT2D eigenvalue weighted by molar-refractivity contribution is -0.126. The SMILES string of the molecule is CCOC(=O)c1cc(NC(=O)[C@@H](NC(C)=O)C(C)C)ccc1Cl. The third kappa shape index (κ3) is 5.56. The minimum atomic E-state index is -0.672. The number of hydrogen-bond donors (Lipinski definition) is 2. The van der Waals surface area contributed by atoms with Crippen LogP contribution in [-0.4, -0.2) is 30.4 Å². The van der Waals surface area contributed by atoms with Crippen molar-refractivity contribution < 1.29 is 19.1 Å². The van der Waals surface area contributed by atoms with E-state index < -0.39 is 12.0 Å². The molecule has 0 aliphatic heterocycles. The first-order chi connectivity index (χ1) is 10.8. The van der Waals surface area contributed by atoms with E-state index in [9.17, 15) is 14.4 Å². The van der Waals surface area contributed by atoms with Crippen molar-refractivity contribution in [1.29, 1.82) is 0 Å². The Morgan fingerprint density at radius 2 is 1.91 bits per heavy atom. The summed E-state index contributed by atoms with van der Waals surface area (Å²) in [5, 5.41) is 5.51. The Balaban J connectivity index is 2.95. The van der Waals surface area contributed by atoms with Crippen molar-refractivity contribution in [3.8, 4) is 0 Å². The summed E-state index contributed by atoms with van der Waals surface area (Å²) in [6.45, 7) is 6.92. The van der Waals surface area contributed by atoms with Crippen LogP contribution in [0.1, 0.15) is 38.1 Å². The third-order valence-corrected chi connectivity index (χ3v) is 3.37. The molecule has 1 atom stereocenters. The van der Waals surface area contributed by atoms with Crippen LogP contribution in [0, 0.1) is 5.92 Å². The second-order valence-electron chi connectivity index (χ2n) is 5.33. The first-order valence-corrected chi connectivity index (χ1v) is 7.68. The number of benzene rings is 1. The molecule has 2 N–H and O–H groups in total. The van der Waals surface area contributed by atoms with E-state index in [0.717, 1.165) is 0 Å². The molecule has 126 valence electrons. The zero-order valence-electron chi connectivity index (χ0n) is 13.6. The van der Waals surface area contributed by atoms with Gasteiger partial charge in [-0.25, -0.2) is 4.79 Å². The Morgan fingerprint density at radius 3 is 2.43 bits per heavy atom. The van der Waals surface area contributed by atoms with E-state index in [1.54, 1.807) is 13.0 Å². The molecule has 1 rings (SSSR count). The summed E-state index contributed by atoms with van der Waals surface area (Å²) >= 11 is 5.97. The van der Waals surface area contributed by atoms with Crippen molar-refractivity contribution in [1.82, 2.24) is 5.32 Å². The molecule has 0 saturated heterocycles. The predicted molar refractivity (Wildman–Crippen MR) is 88.5 cm³/mol. The number of esters is 1. The van der Waals surface area contributed by atoms with Crippen LogP contribution in [0.4, 0.5) is 5.69 Å². The quantitative estimate of drug-likeness (QED) is 0.780. The molecule has 23 heavy (non-hydrogen) atoms. The lowest BCUT2D eigenvalue weighted by Crippen LogP contribution is -2.46. The van der Waals surface area contributed by atoms with Crippen molar-refractivity contribution in [2.75, 3.05) is 11.9 Å². The number of nitrogens with one attached hydrogen (secondary N) is 2. The van der Waals surface area contributed by atoms with Gasteiger partial charge in [-0.2, -0.15) is 0 Å². The fourth-order valence-electron chi connectivity index (χ4n) is 1.94. The highest BCUT2D eigenvalue weighted by Gasteiger charge is 2.23. The van der Waals surface area contributed by atoms with E-state index in [1.165, 1.54) is 19.1 Å². The Hall–Kier alpha value is -2.08. The Labute approximate surface area is 140 Å². The molecule has 2 amide bonds. The van der Waals surface area contributed by atoms with Gasteiger partial charge in [0.05, 0.1) is 17.2 Å². The summed E-state index contributed by atoms with van der Waals surface area (Å²) in [5.41, 5.74) is 0.574. The lowest BCUT2D eigenvalue weighted by Gasteiger charge is -2.21. The zero-order chi connectivity index (χ0) is 17.6. The lowest BCUT2D eigenvalue weighted by atomic mass is 10.0. The van der Waals surface area contributed by atoms with Crippen LogP contribution in [0.2, 0.25) is 5.02 Å². The minimum Gasteiger partial charge on any atom is -0.462 e. The molecule has 0 saturated carbocycles. The van der Waals surface area contributed by atoms with Gasteiger partial charge in [-0.1, -0.05) is 25.4 Å². The molecule has 0 aliphatic rings. The van der Waals surface area contributed by atoms with Gasteiger partial charge in [0.15, 0.2) is 0 Å². The number of rotatable bonds is 6. The van der Waals surface area contributed by atoms with Crippen molar-refractivity contribution in [2.24, 2.45) is 5.92 Å². The number of ether oxygens (including phenoxy) is 1. The number of carbonyl (C=O) groups is 3. The smallest absolute Gasteiger partial charge is 0.339 e. The van der Waals surface area contributed by atoms with Gasteiger partial charge in [0, 0.05) is 12.6 Å². The maximum atomic E-state index is 12.3. The summed E-state index contributed by atoms with van der Waals surface area (Å²) in [6.07, 6.45) is 0. The Kier molecular flexibility index (Phi) is 7.03. The molecule has 0 radical (unpaired) electrons. The van der Waals surface area contributed by atoms with Gasteiger partial charge < -0.3 is 15.4 Å². The summed E-state index contributed by atoms with van der Waals surface area (Å²) in [5.74, 6) is -1.30. The number of amides is 2. The fraction of sp³-hybridized carbons (Fsp3) is 0.438. The van der Waals surface area contributed by atoms with Gasteiger partial charge in [-0.15, -0.1) is 0 Å². The summed E-state index contributed by atoms with van der Waals surface area (Å²) in [4.78, 5) is 35.3. The normalized spacial score (nSPS) is 11.7. The molecule has 0 aliphatic carbocycles. The first kappa shape index (κ1) is 19.0. The summed E-state index contributed by atoms with van der Waals surface area (Å²) in [6, 6.07) is 3.86. The monoisotopic (exact) mass is 340 g/mol. The number of halogens is 1. The van der Waals surface area contributed by atoms with Gasteiger partial charge in [-0.3, -0.25) is 9.59 Å². The average Bonchev–Trinajstić information content (AvgIpc) is 2.46. The van der Waals surface area contributed by atoms with E-state index in [1.807, 2.05) is 13.8 Å². The predicted octanol–water partition coefficient (Wildman–Crippen LogP) is 2.62. The molecule has 1 aromatic rings. The minimum absolute atomic E-state index is 0.0873. The second kappa shape index (κ2) is 8.53.